The normalized spacial score (nSPS) is 26.1. The first-order valence-corrected chi connectivity index (χ1v) is 7.39. The molecule has 0 saturated heterocycles. The van der Waals surface area contributed by atoms with Crippen LogP contribution < -0.4 is 0 Å². The van der Waals surface area contributed by atoms with Crippen LogP contribution in [0, 0.1) is 17.6 Å². The fourth-order valence-electron chi connectivity index (χ4n) is 1.94. The van der Waals surface area contributed by atoms with E-state index in [4.69, 9.17) is 18.0 Å². The van der Waals surface area contributed by atoms with Crippen LogP contribution in [0.4, 0.5) is 0 Å². The Morgan fingerprint density at radius 2 is 1.73 bits per heavy atom. The molecule has 1 rings (SSSR count). The quantitative estimate of drug-likeness (QED) is 0.395. The van der Waals surface area contributed by atoms with Crippen molar-refractivity contribution in [3.63, 3.8) is 0 Å². The van der Waals surface area contributed by atoms with Gasteiger partial charge < -0.3 is 0 Å². The maximum absolute atomic E-state index is 6.07. The van der Waals surface area contributed by atoms with Crippen LogP contribution in [0.3, 0.4) is 0 Å². The molecule has 0 aliphatic heterocycles. The predicted octanol–water partition coefficient (Wildman–Crippen LogP) is 3.35. The van der Waals surface area contributed by atoms with Crippen LogP contribution in [0.15, 0.2) is 13.2 Å². The molecule has 0 atom stereocenters. The molecule has 0 heterocycles. The molecule has 0 aromatic heterocycles. The molecule has 2 heteroatoms. The Morgan fingerprint density at radius 1 is 1.20 bits per heavy atom. The molecule has 0 nitrogen and oxygen atoms in total. The highest BCUT2D eigenvalue weighted by Crippen LogP contribution is 2.33. The number of hydrogen-bond donors (Lipinski definition) is 0. The first-order chi connectivity index (χ1) is 7.15. The van der Waals surface area contributed by atoms with Crippen molar-refractivity contribution in [3.8, 4) is 11.7 Å². The summed E-state index contributed by atoms with van der Waals surface area (Å²) in [5.41, 5.74) is 0. The van der Waals surface area contributed by atoms with Crippen LogP contribution in [0.2, 0.25) is 0 Å². The Hall–Kier alpha value is -0.500. The molecule has 0 bridgehead atoms. The van der Waals surface area contributed by atoms with Crippen molar-refractivity contribution >= 4 is 30.9 Å². The van der Waals surface area contributed by atoms with Crippen molar-refractivity contribution in [2.24, 2.45) is 5.92 Å². The van der Waals surface area contributed by atoms with Crippen molar-refractivity contribution in [1.82, 2.24) is 0 Å². The van der Waals surface area contributed by atoms with Gasteiger partial charge in [-0.3, -0.25) is 0 Å². The molecule has 15 heavy (non-hydrogen) atoms. The molecule has 1 fully saturated rings. The van der Waals surface area contributed by atoms with E-state index in [2.05, 4.69) is 28.5 Å². The smallest absolute Gasteiger partial charge is 0.0336 e. The second-order valence-corrected chi connectivity index (χ2v) is 7.17. The average molecular weight is 241 g/mol. The number of hydrogen-bond acceptors (Lipinski definition) is 0. The van der Waals surface area contributed by atoms with Gasteiger partial charge in [0, 0.05) is 11.1 Å². The van der Waals surface area contributed by atoms with Crippen molar-refractivity contribution in [2.75, 3.05) is 5.75 Å². The van der Waals surface area contributed by atoms with Crippen LogP contribution in [0.5, 0.6) is 0 Å². The predicted molar refractivity (Wildman–Crippen MR) is 74.2 cm³/mol. The zero-order valence-electron chi connectivity index (χ0n) is 8.97. The lowest BCUT2D eigenvalue weighted by Crippen LogP contribution is -2.17. The van der Waals surface area contributed by atoms with E-state index >= 15 is 0 Å². The highest BCUT2D eigenvalue weighted by atomic mass is 35.5. The monoisotopic (exact) mass is 240 g/mol. The molecule has 82 valence electrons. The van der Waals surface area contributed by atoms with E-state index in [0.29, 0.717) is 11.3 Å². The van der Waals surface area contributed by atoms with Gasteiger partial charge in [0.25, 0.3) is 0 Å². The highest BCUT2D eigenvalue weighted by Gasteiger charge is 2.20. The molecule has 0 aromatic carbocycles. The Balaban J connectivity index is 2.76. The van der Waals surface area contributed by atoms with Gasteiger partial charge in [0.15, 0.2) is 0 Å². The summed E-state index contributed by atoms with van der Waals surface area (Å²) >= 11 is 6.07. The van der Waals surface area contributed by atoms with Gasteiger partial charge in [-0.15, -0.1) is 18.0 Å². The summed E-state index contributed by atoms with van der Waals surface area (Å²) < 4.78 is 0. The lowest BCUT2D eigenvalue weighted by molar-refractivity contribution is 0.396. The molecule has 0 aromatic rings. The first kappa shape index (κ1) is 12.6. The summed E-state index contributed by atoms with van der Waals surface area (Å²) in [6.07, 6.45) is 10.0. The minimum Gasteiger partial charge on any atom is -0.123 e. The third-order valence-corrected chi connectivity index (χ3v) is 5.75. The molecule has 0 amide bonds. The maximum atomic E-state index is 6.07. The fraction of sp³-hybridized carbons (Fsp3) is 0.538. The minimum absolute atomic E-state index is 0.358. The Labute approximate surface area is 98.5 Å². The van der Waals surface area contributed by atoms with Gasteiger partial charge in [-0.1, -0.05) is 19.3 Å². The SMILES string of the molecule is C#CS(=C=C)(=C=C)CC1CCC(Cl)CC1. The number of alkyl halides is 1. The standard InChI is InChI=1S/C13H17ClS/c1-4-15(5-2,6-3)11-12-7-9-13(14)10-8-12/h1,12-13H,2-3,7-11H2. The van der Waals surface area contributed by atoms with Crippen molar-refractivity contribution in [2.45, 2.75) is 31.1 Å². The molecule has 0 unspecified atom stereocenters. The van der Waals surface area contributed by atoms with Gasteiger partial charge >= 0.3 is 0 Å². The summed E-state index contributed by atoms with van der Waals surface area (Å²) in [7, 11) is -1.46. The zero-order valence-corrected chi connectivity index (χ0v) is 10.5. The van der Waals surface area contributed by atoms with Crippen LogP contribution in [-0.4, -0.2) is 21.2 Å². The molecule has 0 spiro atoms. The lowest BCUT2D eigenvalue weighted by Gasteiger charge is -2.25. The molecule has 0 N–H and O–H groups in total. The van der Waals surface area contributed by atoms with Crippen LogP contribution >= 0.6 is 20.8 Å². The van der Waals surface area contributed by atoms with Gasteiger partial charge in [-0.25, -0.2) is 0 Å². The minimum atomic E-state index is -1.46. The summed E-state index contributed by atoms with van der Waals surface area (Å²) in [6, 6.07) is 0. The van der Waals surface area contributed by atoms with E-state index in [0.717, 1.165) is 31.4 Å². The molecule has 1 saturated carbocycles. The lowest BCUT2D eigenvalue weighted by atomic mass is 9.90. The van der Waals surface area contributed by atoms with Gasteiger partial charge in [0.05, 0.1) is 0 Å². The Bertz CT molecular complexity index is 394. The van der Waals surface area contributed by atoms with Crippen LogP contribution in [-0.2, 0) is 0 Å². The van der Waals surface area contributed by atoms with Gasteiger partial charge in [0.2, 0.25) is 0 Å². The highest BCUT2D eigenvalue weighted by molar-refractivity contribution is 8.32. The van der Waals surface area contributed by atoms with E-state index in [1.54, 1.807) is 0 Å². The van der Waals surface area contributed by atoms with Crippen LogP contribution in [0.1, 0.15) is 25.7 Å². The first-order valence-electron chi connectivity index (χ1n) is 5.16. The second-order valence-electron chi connectivity index (χ2n) is 3.93. The van der Waals surface area contributed by atoms with Gasteiger partial charge in [0.1, 0.15) is 0 Å². The summed E-state index contributed by atoms with van der Waals surface area (Å²) in [5.74, 6) is 1.59. The van der Waals surface area contributed by atoms with Crippen molar-refractivity contribution in [1.29, 1.82) is 0 Å². The molecule has 0 radical (unpaired) electrons. The van der Waals surface area contributed by atoms with Crippen molar-refractivity contribution in [3.05, 3.63) is 13.2 Å². The number of halogens is 1. The number of terminal acetylenes is 1. The molecule has 1 aliphatic carbocycles. The largest absolute Gasteiger partial charge is 0.123 e. The molecular formula is C13H17ClS. The van der Waals surface area contributed by atoms with Crippen molar-refractivity contribution < 1.29 is 0 Å². The van der Waals surface area contributed by atoms with Gasteiger partial charge in [-0.2, -0.15) is 0 Å². The summed E-state index contributed by atoms with van der Waals surface area (Å²) in [6.45, 7) is 7.39. The third kappa shape index (κ3) is 3.23. The van der Waals surface area contributed by atoms with E-state index in [1.807, 2.05) is 0 Å². The Morgan fingerprint density at radius 3 is 2.13 bits per heavy atom. The Kier molecular flexibility index (Phi) is 4.65. The summed E-state index contributed by atoms with van der Waals surface area (Å²) in [5, 5.41) is 9.06. The number of rotatable bonds is 2. The van der Waals surface area contributed by atoms with Gasteiger partial charge in [-0.05, 0) is 50.0 Å². The topological polar surface area (TPSA) is 0 Å². The molecule has 1 aliphatic rings. The van der Waals surface area contributed by atoms with E-state index in [1.165, 1.54) is 0 Å². The average Bonchev–Trinajstić information content (AvgIpc) is 2.29. The third-order valence-electron chi connectivity index (χ3n) is 2.96. The van der Waals surface area contributed by atoms with E-state index in [9.17, 15) is 0 Å². The second kappa shape index (κ2) is 5.55. The molecular weight excluding hydrogens is 224 g/mol. The van der Waals surface area contributed by atoms with E-state index < -0.39 is 9.21 Å². The van der Waals surface area contributed by atoms with E-state index in [-0.39, 0.29) is 0 Å². The fourth-order valence-corrected chi connectivity index (χ4v) is 3.84. The van der Waals surface area contributed by atoms with Crippen LogP contribution in [0.25, 0.3) is 0 Å². The zero-order chi connectivity index (χ0) is 11.3. The maximum Gasteiger partial charge on any atom is 0.0336 e. The summed E-state index contributed by atoms with van der Waals surface area (Å²) in [4.78, 5) is 0.